The third-order valence-electron chi connectivity index (χ3n) is 6.10. The van der Waals surface area contributed by atoms with Crippen LogP contribution in [0.2, 0.25) is 0 Å². The maximum Gasteiger partial charge on any atom is 0.309 e. The molecule has 0 heterocycles. The summed E-state index contributed by atoms with van der Waals surface area (Å²) in [6.45, 7) is 4.50. The fourth-order valence-electron chi connectivity index (χ4n) is 4.52. The average molecular weight is 353 g/mol. The van der Waals surface area contributed by atoms with Crippen LogP contribution in [0.1, 0.15) is 97.3 Å². The molecule has 0 bridgehead atoms. The Morgan fingerprint density at radius 3 is 2.36 bits per heavy atom. The van der Waals surface area contributed by atoms with Crippen LogP contribution in [-0.4, -0.2) is 22.6 Å². The Morgan fingerprint density at radius 1 is 1.04 bits per heavy atom. The van der Waals surface area contributed by atoms with E-state index in [0.717, 1.165) is 57.3 Å². The van der Waals surface area contributed by atoms with Crippen molar-refractivity contribution in [3.8, 4) is 0 Å². The van der Waals surface area contributed by atoms with E-state index in [0.29, 0.717) is 12.8 Å². The van der Waals surface area contributed by atoms with E-state index in [1.54, 1.807) is 0 Å². The topological polar surface area (TPSA) is 63.6 Å². The maximum atomic E-state index is 12.8. The van der Waals surface area contributed by atoms with Crippen molar-refractivity contribution in [1.29, 1.82) is 0 Å². The number of unbranched alkanes of at least 4 members (excludes halogenated alkanes) is 1. The molecule has 144 valence electrons. The minimum atomic E-state index is -0.765. The van der Waals surface area contributed by atoms with Crippen LogP contribution < -0.4 is 0 Å². The lowest BCUT2D eigenvalue weighted by molar-refractivity contribution is -0.172. The first-order chi connectivity index (χ1) is 11.9. The van der Waals surface area contributed by atoms with E-state index in [1.807, 2.05) is 0 Å². The third kappa shape index (κ3) is 6.31. The number of rotatable bonds is 8. The molecule has 2 atom stereocenters. The van der Waals surface area contributed by atoms with E-state index in [-0.39, 0.29) is 23.4 Å². The van der Waals surface area contributed by atoms with Crippen molar-refractivity contribution < 1.29 is 19.4 Å². The number of carbonyl (C=O) groups excluding carboxylic acids is 1. The van der Waals surface area contributed by atoms with Gasteiger partial charge in [-0.15, -0.1) is 0 Å². The van der Waals surface area contributed by atoms with E-state index in [4.69, 9.17) is 4.74 Å². The molecule has 2 aliphatic carbocycles. The number of carboxylic acids is 1. The van der Waals surface area contributed by atoms with E-state index in [9.17, 15) is 14.7 Å². The first-order valence-corrected chi connectivity index (χ1v) is 10.4. The van der Waals surface area contributed by atoms with Gasteiger partial charge in [0.05, 0.1) is 11.8 Å². The quantitative estimate of drug-likeness (QED) is 0.473. The van der Waals surface area contributed by atoms with E-state index < -0.39 is 5.97 Å². The zero-order chi connectivity index (χ0) is 18.3. The Labute approximate surface area is 152 Å². The molecule has 0 aromatic heterocycles. The van der Waals surface area contributed by atoms with Crippen LogP contribution in [0.25, 0.3) is 0 Å². The molecule has 0 spiro atoms. The molecule has 2 rings (SSSR count). The maximum absolute atomic E-state index is 12.8. The Kier molecular flexibility index (Phi) is 7.77. The lowest BCUT2D eigenvalue weighted by Gasteiger charge is -2.39. The summed E-state index contributed by atoms with van der Waals surface area (Å²) in [5.74, 6) is -0.765. The van der Waals surface area contributed by atoms with Gasteiger partial charge in [0.1, 0.15) is 5.60 Å². The van der Waals surface area contributed by atoms with Crippen LogP contribution >= 0.6 is 0 Å². The molecule has 1 N–H and O–H groups in total. The van der Waals surface area contributed by atoms with Gasteiger partial charge in [-0.1, -0.05) is 39.5 Å². The highest BCUT2D eigenvalue weighted by molar-refractivity contribution is 5.76. The standard InChI is InChI=1S/C21H36O4/c1-16(2)9-4-7-14-21(12-5-3-6-13-21)25-20(24)18-11-8-10-17(15-18)19(22)23/h16-18H,3-15H2,1-2H3,(H,22,23). The second-order valence-electron chi connectivity index (χ2n) is 8.70. The molecule has 2 fully saturated rings. The molecule has 0 radical (unpaired) electrons. The first kappa shape index (κ1) is 20.3. The molecule has 0 aromatic rings. The minimum Gasteiger partial charge on any atom is -0.481 e. The molecule has 0 saturated heterocycles. The number of ether oxygens (including phenoxy) is 1. The van der Waals surface area contributed by atoms with Gasteiger partial charge in [0.25, 0.3) is 0 Å². The molecule has 25 heavy (non-hydrogen) atoms. The molecule has 4 heteroatoms. The highest BCUT2D eigenvalue weighted by Crippen LogP contribution is 2.39. The number of carboxylic acid groups (broad SMARTS) is 1. The largest absolute Gasteiger partial charge is 0.481 e. The second kappa shape index (κ2) is 9.59. The fraction of sp³-hybridized carbons (Fsp3) is 0.905. The zero-order valence-corrected chi connectivity index (χ0v) is 16.1. The molecular formula is C21H36O4. The minimum absolute atomic E-state index is 0.128. The van der Waals surface area contributed by atoms with Gasteiger partial charge in [0, 0.05) is 0 Å². The number of hydrogen-bond acceptors (Lipinski definition) is 3. The van der Waals surface area contributed by atoms with Crippen molar-refractivity contribution in [3.63, 3.8) is 0 Å². The molecule has 4 nitrogen and oxygen atoms in total. The Bertz CT molecular complexity index is 437. The van der Waals surface area contributed by atoms with Gasteiger partial charge in [0.2, 0.25) is 0 Å². The number of carbonyl (C=O) groups is 2. The summed E-state index contributed by atoms with van der Waals surface area (Å²) in [5.41, 5.74) is -0.275. The molecule has 0 amide bonds. The smallest absolute Gasteiger partial charge is 0.309 e. The van der Waals surface area contributed by atoms with Gasteiger partial charge in [-0.05, 0) is 63.7 Å². The van der Waals surface area contributed by atoms with Crippen LogP contribution in [0.5, 0.6) is 0 Å². The molecule has 2 aliphatic rings. The Morgan fingerprint density at radius 2 is 1.72 bits per heavy atom. The number of esters is 1. The van der Waals surface area contributed by atoms with Crippen molar-refractivity contribution in [1.82, 2.24) is 0 Å². The van der Waals surface area contributed by atoms with Gasteiger partial charge in [0.15, 0.2) is 0 Å². The van der Waals surface area contributed by atoms with Crippen LogP contribution in [0.3, 0.4) is 0 Å². The van der Waals surface area contributed by atoms with Crippen molar-refractivity contribution in [3.05, 3.63) is 0 Å². The molecule has 2 saturated carbocycles. The summed E-state index contributed by atoms with van der Waals surface area (Å²) in [6, 6.07) is 0. The van der Waals surface area contributed by atoms with Crippen LogP contribution in [0.15, 0.2) is 0 Å². The van der Waals surface area contributed by atoms with Crippen LogP contribution in [-0.2, 0) is 14.3 Å². The summed E-state index contributed by atoms with van der Waals surface area (Å²) in [5, 5.41) is 9.25. The van der Waals surface area contributed by atoms with E-state index in [1.165, 1.54) is 19.3 Å². The first-order valence-electron chi connectivity index (χ1n) is 10.4. The monoisotopic (exact) mass is 352 g/mol. The fourth-order valence-corrected chi connectivity index (χ4v) is 4.52. The van der Waals surface area contributed by atoms with Crippen molar-refractivity contribution in [2.24, 2.45) is 17.8 Å². The third-order valence-corrected chi connectivity index (χ3v) is 6.10. The van der Waals surface area contributed by atoms with Crippen molar-refractivity contribution in [2.45, 2.75) is 103 Å². The van der Waals surface area contributed by atoms with Crippen molar-refractivity contribution in [2.75, 3.05) is 0 Å². The highest BCUT2D eigenvalue weighted by Gasteiger charge is 2.39. The predicted octanol–water partition coefficient (Wildman–Crippen LogP) is 5.34. The molecular weight excluding hydrogens is 316 g/mol. The van der Waals surface area contributed by atoms with Crippen LogP contribution in [0, 0.1) is 17.8 Å². The normalized spacial score (nSPS) is 26.4. The molecule has 2 unspecified atom stereocenters. The highest BCUT2D eigenvalue weighted by atomic mass is 16.6. The van der Waals surface area contributed by atoms with Gasteiger partial charge in [-0.3, -0.25) is 9.59 Å². The summed E-state index contributed by atoms with van der Waals surface area (Å²) >= 11 is 0. The number of hydrogen-bond donors (Lipinski definition) is 1. The van der Waals surface area contributed by atoms with Crippen LogP contribution in [0.4, 0.5) is 0 Å². The Balaban J connectivity index is 1.91. The lowest BCUT2D eigenvalue weighted by atomic mass is 9.79. The summed E-state index contributed by atoms with van der Waals surface area (Å²) in [4.78, 5) is 24.0. The molecule has 0 aliphatic heterocycles. The average Bonchev–Trinajstić information content (AvgIpc) is 2.59. The summed E-state index contributed by atoms with van der Waals surface area (Å²) < 4.78 is 6.12. The summed E-state index contributed by atoms with van der Waals surface area (Å²) in [7, 11) is 0. The van der Waals surface area contributed by atoms with Gasteiger partial charge < -0.3 is 9.84 Å². The van der Waals surface area contributed by atoms with Gasteiger partial charge in [-0.25, -0.2) is 0 Å². The van der Waals surface area contributed by atoms with Gasteiger partial charge in [-0.2, -0.15) is 0 Å². The predicted molar refractivity (Wildman–Crippen MR) is 98.3 cm³/mol. The zero-order valence-electron chi connectivity index (χ0n) is 16.1. The van der Waals surface area contributed by atoms with Gasteiger partial charge >= 0.3 is 11.9 Å². The lowest BCUT2D eigenvalue weighted by Crippen LogP contribution is -2.40. The van der Waals surface area contributed by atoms with E-state index >= 15 is 0 Å². The molecule has 0 aromatic carbocycles. The second-order valence-corrected chi connectivity index (χ2v) is 8.70. The van der Waals surface area contributed by atoms with E-state index in [2.05, 4.69) is 13.8 Å². The van der Waals surface area contributed by atoms with Crippen molar-refractivity contribution >= 4 is 11.9 Å². The Hall–Kier alpha value is -1.06. The summed E-state index contributed by atoms with van der Waals surface area (Å²) in [6.07, 6.45) is 12.7. The SMILES string of the molecule is CC(C)CCCCC1(OC(=O)C2CCCC(C(=O)O)C2)CCCCC1. The number of aliphatic carboxylic acids is 1.